The van der Waals surface area contributed by atoms with Crippen LogP contribution in [0.15, 0.2) is 4.52 Å². The molecule has 4 bridgehead atoms. The van der Waals surface area contributed by atoms with Gasteiger partial charge in [-0.3, -0.25) is 0 Å². The summed E-state index contributed by atoms with van der Waals surface area (Å²) in [5.41, 5.74) is 0.245. The second kappa shape index (κ2) is 3.97. The Labute approximate surface area is 114 Å². The van der Waals surface area contributed by atoms with Crippen LogP contribution in [0.3, 0.4) is 0 Å². The number of hydrogen-bond donors (Lipinski definition) is 1. The first-order valence-electron chi connectivity index (χ1n) is 7.74. The van der Waals surface area contributed by atoms with Crippen LogP contribution in [0.1, 0.15) is 58.2 Å². The van der Waals surface area contributed by atoms with Crippen molar-refractivity contribution in [2.45, 2.75) is 63.8 Å². The summed E-state index contributed by atoms with van der Waals surface area (Å²) in [7, 11) is 0. The molecule has 4 fully saturated rings. The van der Waals surface area contributed by atoms with Gasteiger partial charge in [0.05, 0.1) is 0 Å². The Morgan fingerprint density at radius 2 is 1.68 bits per heavy atom. The van der Waals surface area contributed by atoms with Gasteiger partial charge in [0.25, 0.3) is 0 Å². The maximum Gasteiger partial charge on any atom is 0.321 e. The van der Waals surface area contributed by atoms with Crippen molar-refractivity contribution in [3.8, 4) is 0 Å². The van der Waals surface area contributed by atoms with Gasteiger partial charge in [-0.05, 0) is 70.1 Å². The predicted octanol–water partition coefficient (Wildman–Crippen LogP) is 3.36. The lowest BCUT2D eigenvalue weighted by molar-refractivity contribution is -0.0103. The third kappa shape index (κ3) is 1.87. The number of anilines is 1. The monoisotopic (exact) mass is 261 g/mol. The van der Waals surface area contributed by atoms with Crippen molar-refractivity contribution < 1.29 is 4.52 Å². The van der Waals surface area contributed by atoms with E-state index < -0.39 is 0 Å². The van der Waals surface area contributed by atoms with Gasteiger partial charge in [-0.1, -0.05) is 5.16 Å². The van der Waals surface area contributed by atoms with Crippen molar-refractivity contribution in [2.75, 3.05) is 5.32 Å². The topological polar surface area (TPSA) is 51.0 Å². The fourth-order valence-corrected chi connectivity index (χ4v) is 5.13. The maximum absolute atomic E-state index is 5.39. The third-order valence-electron chi connectivity index (χ3n) is 5.35. The number of hydrogen-bond acceptors (Lipinski definition) is 4. The van der Waals surface area contributed by atoms with Gasteiger partial charge in [0.1, 0.15) is 0 Å². The van der Waals surface area contributed by atoms with E-state index in [4.69, 9.17) is 4.52 Å². The van der Waals surface area contributed by atoms with Gasteiger partial charge in [-0.2, -0.15) is 4.98 Å². The van der Waals surface area contributed by atoms with Crippen molar-refractivity contribution in [1.29, 1.82) is 0 Å². The second-order valence-electron chi connectivity index (χ2n) is 7.42. The van der Waals surface area contributed by atoms with Gasteiger partial charge in [-0.15, -0.1) is 0 Å². The molecule has 0 saturated heterocycles. The highest BCUT2D eigenvalue weighted by molar-refractivity contribution is 5.24. The zero-order valence-corrected chi connectivity index (χ0v) is 11.9. The molecule has 4 nitrogen and oxygen atoms in total. The van der Waals surface area contributed by atoms with Gasteiger partial charge in [0.15, 0.2) is 5.82 Å². The van der Waals surface area contributed by atoms with Gasteiger partial charge in [-0.25, -0.2) is 0 Å². The van der Waals surface area contributed by atoms with Crippen LogP contribution < -0.4 is 5.32 Å². The molecular formula is C15H23N3O. The van der Waals surface area contributed by atoms with Gasteiger partial charge in [0, 0.05) is 11.5 Å². The molecule has 4 heteroatoms. The van der Waals surface area contributed by atoms with E-state index in [1.807, 2.05) is 0 Å². The average Bonchev–Trinajstić information content (AvgIpc) is 2.75. The highest BCUT2D eigenvalue weighted by Gasteiger charge is 2.53. The summed E-state index contributed by atoms with van der Waals surface area (Å²) in [5, 5.41) is 7.53. The normalized spacial score (nSPS) is 40.1. The minimum atomic E-state index is 0.245. The lowest BCUT2D eigenvalue weighted by Gasteiger charge is -2.55. The average molecular weight is 261 g/mol. The number of rotatable bonds is 3. The molecule has 0 radical (unpaired) electrons. The molecule has 1 heterocycles. The first kappa shape index (κ1) is 11.7. The van der Waals surface area contributed by atoms with Crippen LogP contribution >= 0.6 is 0 Å². The molecule has 0 amide bonds. The molecule has 104 valence electrons. The van der Waals surface area contributed by atoms with E-state index in [-0.39, 0.29) is 5.41 Å². The van der Waals surface area contributed by atoms with E-state index in [2.05, 4.69) is 29.3 Å². The van der Waals surface area contributed by atoms with Gasteiger partial charge < -0.3 is 9.84 Å². The maximum atomic E-state index is 5.39. The molecular weight excluding hydrogens is 238 g/mol. The predicted molar refractivity (Wildman–Crippen MR) is 72.9 cm³/mol. The van der Waals surface area contributed by atoms with Gasteiger partial charge >= 0.3 is 6.01 Å². The molecule has 4 saturated carbocycles. The molecule has 19 heavy (non-hydrogen) atoms. The number of nitrogens with zero attached hydrogens (tertiary/aromatic N) is 2. The zero-order chi connectivity index (χ0) is 13.0. The van der Waals surface area contributed by atoms with Crippen LogP contribution in [-0.4, -0.2) is 16.2 Å². The van der Waals surface area contributed by atoms with E-state index in [0.717, 1.165) is 23.6 Å². The zero-order valence-electron chi connectivity index (χ0n) is 11.9. The molecule has 0 spiro atoms. The van der Waals surface area contributed by atoms with Crippen molar-refractivity contribution in [3.63, 3.8) is 0 Å². The summed E-state index contributed by atoms with van der Waals surface area (Å²) >= 11 is 0. The Hall–Kier alpha value is -1.06. The smallest absolute Gasteiger partial charge is 0.321 e. The summed E-state index contributed by atoms with van der Waals surface area (Å²) < 4.78 is 5.39. The fourth-order valence-electron chi connectivity index (χ4n) is 5.13. The van der Waals surface area contributed by atoms with E-state index in [9.17, 15) is 0 Å². The van der Waals surface area contributed by atoms with Gasteiger partial charge in [0.2, 0.25) is 0 Å². The van der Waals surface area contributed by atoms with E-state index >= 15 is 0 Å². The van der Waals surface area contributed by atoms with Crippen molar-refractivity contribution in [1.82, 2.24) is 10.1 Å². The Morgan fingerprint density at radius 1 is 1.11 bits per heavy atom. The summed E-state index contributed by atoms with van der Waals surface area (Å²) in [5.74, 6) is 3.75. The first-order chi connectivity index (χ1) is 9.13. The Bertz CT molecular complexity index is 444. The molecule has 4 aliphatic rings. The first-order valence-corrected chi connectivity index (χ1v) is 7.74. The molecule has 1 N–H and O–H groups in total. The van der Waals surface area contributed by atoms with Crippen LogP contribution in [0.4, 0.5) is 6.01 Å². The molecule has 0 aliphatic heterocycles. The lowest BCUT2D eigenvalue weighted by atomic mass is 9.49. The van der Waals surface area contributed by atoms with Crippen LogP contribution in [0.25, 0.3) is 0 Å². The highest BCUT2D eigenvalue weighted by Crippen LogP contribution is 2.60. The van der Waals surface area contributed by atoms with Crippen molar-refractivity contribution in [2.24, 2.45) is 17.8 Å². The minimum absolute atomic E-state index is 0.245. The highest BCUT2D eigenvalue weighted by atomic mass is 16.5. The minimum Gasteiger partial charge on any atom is -0.336 e. The van der Waals surface area contributed by atoms with E-state index in [1.165, 1.54) is 38.5 Å². The molecule has 5 rings (SSSR count). The molecule has 4 aliphatic carbocycles. The van der Waals surface area contributed by atoms with Crippen LogP contribution in [-0.2, 0) is 5.41 Å². The SMILES string of the molecule is CC(C)Nc1nc(C23CC4CC(CC(C4)C2)C3)no1. The van der Waals surface area contributed by atoms with Crippen molar-refractivity contribution in [3.05, 3.63) is 5.82 Å². The number of aromatic nitrogens is 2. The molecule has 0 atom stereocenters. The molecule has 1 aromatic heterocycles. The second-order valence-corrected chi connectivity index (χ2v) is 7.42. The molecule has 0 unspecified atom stereocenters. The summed E-state index contributed by atoms with van der Waals surface area (Å²) in [6, 6.07) is 0.936. The van der Waals surface area contributed by atoms with Crippen LogP contribution in [0, 0.1) is 17.8 Å². The number of nitrogens with one attached hydrogen (secondary N) is 1. The van der Waals surface area contributed by atoms with E-state index in [1.54, 1.807) is 0 Å². The largest absolute Gasteiger partial charge is 0.336 e. The summed E-state index contributed by atoms with van der Waals surface area (Å²) in [6.45, 7) is 4.18. The third-order valence-corrected chi connectivity index (χ3v) is 5.35. The Balaban J connectivity index is 1.62. The molecule has 0 aromatic carbocycles. The Morgan fingerprint density at radius 3 is 2.21 bits per heavy atom. The van der Waals surface area contributed by atoms with Crippen LogP contribution in [0.5, 0.6) is 0 Å². The fraction of sp³-hybridized carbons (Fsp3) is 0.867. The van der Waals surface area contributed by atoms with Crippen LogP contribution in [0.2, 0.25) is 0 Å². The van der Waals surface area contributed by atoms with Crippen molar-refractivity contribution >= 4 is 6.01 Å². The summed E-state index contributed by atoms with van der Waals surface area (Å²) in [4.78, 5) is 4.65. The standard InChI is InChI=1S/C15H23N3O/c1-9(2)16-14-17-13(18-19-14)15-6-10-3-11(7-15)5-12(4-10)8-15/h9-12H,3-8H2,1-2H3,(H,16,17,18). The summed E-state index contributed by atoms with van der Waals surface area (Å²) in [6.07, 6.45) is 8.23. The van der Waals surface area contributed by atoms with E-state index in [0.29, 0.717) is 12.1 Å². The Kier molecular flexibility index (Phi) is 2.45. The lowest BCUT2D eigenvalue weighted by Crippen LogP contribution is -2.49. The molecule has 1 aromatic rings. The quantitative estimate of drug-likeness (QED) is 0.906.